The average Bonchev–Trinajstić information content (AvgIpc) is 3.00. The first-order valence-corrected chi connectivity index (χ1v) is 16.0. The third-order valence-electron chi connectivity index (χ3n) is 7.20. The van der Waals surface area contributed by atoms with Gasteiger partial charge in [-0.05, 0) is 75.6 Å². The van der Waals surface area contributed by atoms with Crippen LogP contribution in [0.15, 0.2) is 77.7 Å². The van der Waals surface area contributed by atoms with Gasteiger partial charge in [-0.25, -0.2) is 8.42 Å². The summed E-state index contributed by atoms with van der Waals surface area (Å²) >= 11 is 0. The Morgan fingerprint density at radius 2 is 1.63 bits per heavy atom. The number of hydrogen-bond acceptors (Lipinski definition) is 6. The molecule has 0 saturated heterocycles. The van der Waals surface area contributed by atoms with Gasteiger partial charge in [0, 0.05) is 12.6 Å². The van der Waals surface area contributed by atoms with E-state index in [9.17, 15) is 18.0 Å². The normalized spacial score (nSPS) is 12.6. The van der Waals surface area contributed by atoms with E-state index in [1.54, 1.807) is 62.6 Å². The van der Waals surface area contributed by atoms with Crippen LogP contribution in [-0.4, -0.2) is 57.5 Å². The van der Waals surface area contributed by atoms with Crippen LogP contribution in [0.4, 0.5) is 5.69 Å². The zero-order chi connectivity index (χ0) is 31.6. The molecule has 0 bridgehead atoms. The second-order valence-electron chi connectivity index (χ2n) is 10.3. The molecule has 2 atom stereocenters. The molecule has 43 heavy (non-hydrogen) atoms. The minimum atomic E-state index is -4.21. The number of hydrogen-bond donors (Lipinski definition) is 1. The van der Waals surface area contributed by atoms with Crippen LogP contribution < -0.4 is 19.1 Å². The number of aryl methyl sites for hydroxylation is 1. The lowest BCUT2D eigenvalue weighted by Gasteiger charge is -2.34. The number of rotatable bonds is 15. The van der Waals surface area contributed by atoms with Crippen molar-refractivity contribution in [3.8, 4) is 11.5 Å². The molecular weight excluding hydrogens is 566 g/mol. The predicted molar refractivity (Wildman–Crippen MR) is 169 cm³/mol. The fourth-order valence-corrected chi connectivity index (χ4v) is 6.04. The van der Waals surface area contributed by atoms with Crippen LogP contribution in [0.2, 0.25) is 0 Å². The molecule has 0 aromatic heterocycles. The first kappa shape index (κ1) is 33.5. The summed E-state index contributed by atoms with van der Waals surface area (Å²) in [7, 11) is -2.66. The highest BCUT2D eigenvalue weighted by Gasteiger charge is 2.35. The van der Waals surface area contributed by atoms with E-state index >= 15 is 0 Å². The van der Waals surface area contributed by atoms with Gasteiger partial charge in [0.05, 0.1) is 24.3 Å². The minimum Gasteiger partial charge on any atom is -0.497 e. The van der Waals surface area contributed by atoms with Gasteiger partial charge in [0.15, 0.2) is 0 Å². The highest BCUT2D eigenvalue weighted by atomic mass is 32.2. The topological polar surface area (TPSA) is 105 Å². The zero-order valence-electron chi connectivity index (χ0n) is 25.9. The molecule has 0 spiro atoms. The first-order valence-electron chi connectivity index (χ1n) is 14.6. The molecule has 0 aliphatic carbocycles. The summed E-state index contributed by atoms with van der Waals surface area (Å²) in [4.78, 5) is 29.3. The van der Waals surface area contributed by atoms with Gasteiger partial charge in [-0.15, -0.1) is 0 Å². The fraction of sp³-hybridized carbons (Fsp3) is 0.394. The summed E-state index contributed by atoms with van der Waals surface area (Å²) < 4.78 is 40.6. The zero-order valence-corrected chi connectivity index (χ0v) is 26.7. The molecule has 3 aromatic rings. The van der Waals surface area contributed by atoms with E-state index in [0.29, 0.717) is 24.5 Å². The molecule has 1 N–H and O–H groups in total. The van der Waals surface area contributed by atoms with Gasteiger partial charge in [0.1, 0.15) is 24.1 Å². The van der Waals surface area contributed by atoms with E-state index in [2.05, 4.69) is 5.32 Å². The van der Waals surface area contributed by atoms with Gasteiger partial charge >= 0.3 is 0 Å². The number of ether oxygens (including phenoxy) is 2. The third kappa shape index (κ3) is 8.50. The Kier molecular flexibility index (Phi) is 12.0. The highest BCUT2D eigenvalue weighted by Crippen LogP contribution is 2.33. The molecule has 0 saturated carbocycles. The first-order chi connectivity index (χ1) is 20.5. The fourth-order valence-electron chi connectivity index (χ4n) is 4.62. The molecule has 232 valence electrons. The van der Waals surface area contributed by atoms with Crippen molar-refractivity contribution in [1.29, 1.82) is 0 Å². The number of para-hydroxylation sites is 2. The number of nitrogens with zero attached hydrogens (tertiary/aromatic N) is 2. The van der Waals surface area contributed by atoms with Crippen LogP contribution >= 0.6 is 0 Å². The van der Waals surface area contributed by atoms with Crippen LogP contribution in [0.5, 0.6) is 11.5 Å². The lowest BCUT2D eigenvalue weighted by molar-refractivity contribution is -0.140. The maximum Gasteiger partial charge on any atom is 0.264 e. The highest BCUT2D eigenvalue weighted by molar-refractivity contribution is 7.92. The van der Waals surface area contributed by atoms with Crippen LogP contribution in [0, 0.1) is 6.92 Å². The Labute approximate surface area is 255 Å². The van der Waals surface area contributed by atoms with Crippen molar-refractivity contribution in [2.45, 2.75) is 71.0 Å². The standard InChI is InChI=1S/C33H43N3O6S/c1-7-25(5)34-33(38)29(8-2)35(22-26-13-12-14-27(21-26)41-6)32(37)23-36(30-15-10-11-16-31(30)42-9-3)43(39,40)28-19-17-24(4)18-20-28/h10-21,25,29H,7-9,22-23H2,1-6H3,(H,34,38)/t25-,29-/m1/s1. The molecule has 2 amide bonds. The largest absolute Gasteiger partial charge is 0.497 e. The molecule has 0 radical (unpaired) electrons. The summed E-state index contributed by atoms with van der Waals surface area (Å²) in [6, 6.07) is 19.5. The Morgan fingerprint density at radius 1 is 0.930 bits per heavy atom. The molecule has 0 unspecified atom stereocenters. The molecule has 0 aliphatic heterocycles. The number of carbonyl (C=O) groups is 2. The Bertz CT molecular complexity index is 1480. The molecule has 0 fully saturated rings. The van der Waals surface area contributed by atoms with Crippen LogP contribution in [0.3, 0.4) is 0 Å². The predicted octanol–water partition coefficient (Wildman–Crippen LogP) is 5.32. The van der Waals surface area contributed by atoms with E-state index in [1.165, 1.54) is 17.0 Å². The molecule has 0 heterocycles. The quantitative estimate of drug-likeness (QED) is 0.250. The summed E-state index contributed by atoms with van der Waals surface area (Å²) in [5, 5.41) is 2.99. The number of benzene rings is 3. The third-order valence-corrected chi connectivity index (χ3v) is 8.97. The Hall–Kier alpha value is -4.05. The van der Waals surface area contributed by atoms with E-state index in [1.807, 2.05) is 39.8 Å². The second-order valence-corrected chi connectivity index (χ2v) is 12.2. The summed E-state index contributed by atoms with van der Waals surface area (Å²) in [5.74, 6) is 0.109. The monoisotopic (exact) mass is 609 g/mol. The molecule has 9 nitrogen and oxygen atoms in total. The molecule has 3 rings (SSSR count). The van der Waals surface area contributed by atoms with Crippen LogP contribution in [0.25, 0.3) is 0 Å². The van der Waals surface area contributed by atoms with Crippen molar-refractivity contribution in [1.82, 2.24) is 10.2 Å². The van der Waals surface area contributed by atoms with E-state index in [0.717, 1.165) is 21.9 Å². The number of carbonyl (C=O) groups excluding carboxylic acids is 2. The minimum absolute atomic E-state index is 0.0399. The number of anilines is 1. The van der Waals surface area contributed by atoms with Crippen molar-refractivity contribution in [3.63, 3.8) is 0 Å². The van der Waals surface area contributed by atoms with E-state index < -0.39 is 28.5 Å². The number of methoxy groups -OCH3 is 1. The Morgan fingerprint density at radius 3 is 2.26 bits per heavy atom. The summed E-state index contributed by atoms with van der Waals surface area (Å²) in [6.07, 6.45) is 1.06. The van der Waals surface area contributed by atoms with Crippen molar-refractivity contribution < 1.29 is 27.5 Å². The maximum atomic E-state index is 14.3. The van der Waals surface area contributed by atoms with Gasteiger partial charge in [-0.2, -0.15) is 0 Å². The van der Waals surface area contributed by atoms with E-state index in [4.69, 9.17) is 9.47 Å². The van der Waals surface area contributed by atoms with Gasteiger partial charge in [-0.1, -0.05) is 55.8 Å². The summed E-state index contributed by atoms with van der Waals surface area (Å²) in [5.41, 5.74) is 1.88. The van der Waals surface area contributed by atoms with Gasteiger partial charge < -0.3 is 19.7 Å². The maximum absolute atomic E-state index is 14.3. The lowest BCUT2D eigenvalue weighted by atomic mass is 10.1. The molecule has 3 aromatic carbocycles. The number of nitrogens with one attached hydrogen (secondary N) is 1. The second kappa shape index (κ2) is 15.4. The van der Waals surface area contributed by atoms with E-state index in [-0.39, 0.29) is 29.1 Å². The van der Waals surface area contributed by atoms with Crippen molar-refractivity contribution in [2.75, 3.05) is 24.6 Å². The van der Waals surface area contributed by atoms with Crippen LogP contribution in [-0.2, 0) is 26.2 Å². The smallest absolute Gasteiger partial charge is 0.264 e. The van der Waals surface area contributed by atoms with Gasteiger partial charge in [0.2, 0.25) is 11.8 Å². The van der Waals surface area contributed by atoms with Crippen molar-refractivity contribution in [2.24, 2.45) is 0 Å². The van der Waals surface area contributed by atoms with Gasteiger partial charge in [0.25, 0.3) is 10.0 Å². The summed E-state index contributed by atoms with van der Waals surface area (Å²) in [6.45, 7) is 9.21. The van der Waals surface area contributed by atoms with Crippen molar-refractivity contribution in [3.05, 3.63) is 83.9 Å². The molecular formula is C33H43N3O6S. The van der Waals surface area contributed by atoms with Crippen LogP contribution in [0.1, 0.15) is 51.7 Å². The number of amides is 2. The SMILES string of the molecule is CCOc1ccccc1N(CC(=O)N(Cc1cccc(OC)c1)[C@H](CC)C(=O)N[C@H](C)CC)S(=O)(=O)c1ccc(C)cc1. The lowest BCUT2D eigenvalue weighted by Crippen LogP contribution is -2.53. The number of sulfonamides is 1. The van der Waals surface area contributed by atoms with Crippen molar-refractivity contribution >= 4 is 27.5 Å². The molecule has 10 heteroatoms. The average molecular weight is 610 g/mol. The molecule has 0 aliphatic rings. The van der Waals surface area contributed by atoms with Gasteiger partial charge in [-0.3, -0.25) is 13.9 Å². The Balaban J connectivity index is 2.12.